The van der Waals surface area contributed by atoms with E-state index in [2.05, 4.69) is 24.1 Å². The number of benzene rings is 1. The topological polar surface area (TPSA) is 69.7 Å². The second kappa shape index (κ2) is 11.5. The monoisotopic (exact) mass is 503 g/mol. The molecule has 2 aliphatic rings. The Hall–Kier alpha value is -0.860. The highest BCUT2D eigenvalue weighted by Gasteiger charge is 2.31. The summed E-state index contributed by atoms with van der Waals surface area (Å²) in [5.74, 6) is 1.29. The predicted octanol–water partition coefficient (Wildman–Crippen LogP) is 4.02. The zero-order valence-electron chi connectivity index (χ0n) is 19.0. The second-order valence-corrected chi connectivity index (χ2v) is 12.3. The largest absolute Gasteiger partial charge is 0.356 e. The van der Waals surface area contributed by atoms with Crippen molar-refractivity contribution in [2.45, 2.75) is 45.3 Å². The number of halogens is 2. The zero-order valence-corrected chi connectivity index (χ0v) is 21.4. The van der Waals surface area contributed by atoms with Gasteiger partial charge in [0.1, 0.15) is 0 Å². The van der Waals surface area contributed by atoms with Gasteiger partial charge in [-0.05, 0) is 61.8 Å². The molecule has 2 atom stereocenters. The molecule has 0 aliphatic carbocycles. The maximum Gasteiger partial charge on any atom is 0.223 e. The van der Waals surface area contributed by atoms with Crippen LogP contribution in [0.2, 0.25) is 10.0 Å². The molecule has 2 saturated heterocycles. The highest BCUT2D eigenvalue weighted by molar-refractivity contribution is 7.88. The molecule has 1 N–H and O–H groups in total. The van der Waals surface area contributed by atoms with Crippen LogP contribution in [0.15, 0.2) is 18.2 Å². The van der Waals surface area contributed by atoms with Gasteiger partial charge in [-0.3, -0.25) is 4.79 Å². The Morgan fingerprint density at radius 3 is 2.38 bits per heavy atom. The number of likely N-dealkylation sites (tertiary alicyclic amines) is 1. The third kappa shape index (κ3) is 7.32. The molecule has 0 spiro atoms. The average molecular weight is 505 g/mol. The van der Waals surface area contributed by atoms with E-state index >= 15 is 0 Å². The van der Waals surface area contributed by atoms with Gasteiger partial charge in [-0.1, -0.05) is 43.1 Å². The lowest BCUT2D eigenvalue weighted by Crippen LogP contribution is -2.44. The lowest BCUT2D eigenvalue weighted by atomic mass is 9.92. The molecule has 3 rings (SSSR count). The maximum atomic E-state index is 12.8. The minimum atomic E-state index is -3.46. The fourth-order valence-electron chi connectivity index (χ4n) is 4.96. The van der Waals surface area contributed by atoms with Gasteiger partial charge in [-0.15, -0.1) is 0 Å². The first-order valence-corrected chi connectivity index (χ1v) is 13.9. The Bertz CT molecular complexity index is 878. The van der Waals surface area contributed by atoms with Gasteiger partial charge in [0, 0.05) is 38.6 Å². The van der Waals surface area contributed by atoms with Gasteiger partial charge in [0.25, 0.3) is 0 Å². The summed E-state index contributed by atoms with van der Waals surface area (Å²) in [5, 5.41) is 3.81. The van der Waals surface area contributed by atoms with Crippen LogP contribution in [0.5, 0.6) is 0 Å². The Labute approximate surface area is 202 Å². The van der Waals surface area contributed by atoms with Gasteiger partial charge in [0.05, 0.1) is 15.8 Å². The van der Waals surface area contributed by atoms with E-state index in [0.717, 1.165) is 37.9 Å². The van der Waals surface area contributed by atoms with Crippen molar-refractivity contribution in [1.82, 2.24) is 14.5 Å². The van der Waals surface area contributed by atoms with E-state index in [9.17, 15) is 13.2 Å². The zero-order chi connectivity index (χ0) is 23.3. The molecular formula is C23H35Cl2N3O3S. The van der Waals surface area contributed by atoms with Gasteiger partial charge in [0.15, 0.2) is 0 Å². The molecule has 6 nitrogen and oxygen atoms in total. The van der Waals surface area contributed by atoms with Gasteiger partial charge >= 0.3 is 0 Å². The van der Waals surface area contributed by atoms with E-state index in [1.165, 1.54) is 10.7 Å². The summed E-state index contributed by atoms with van der Waals surface area (Å²) in [7, 11) is -3.46. The molecule has 32 heavy (non-hydrogen) atoms. The Morgan fingerprint density at radius 2 is 1.75 bits per heavy atom. The van der Waals surface area contributed by atoms with Gasteiger partial charge in [0.2, 0.25) is 15.9 Å². The summed E-state index contributed by atoms with van der Waals surface area (Å²) < 4.78 is 27.0. The average Bonchev–Trinajstić information content (AvgIpc) is 2.73. The Kier molecular flexibility index (Phi) is 9.27. The van der Waals surface area contributed by atoms with Crippen molar-refractivity contribution in [2.24, 2.45) is 17.8 Å². The van der Waals surface area contributed by atoms with Crippen molar-refractivity contribution >= 4 is 39.1 Å². The SMILES string of the molecule is C[C@@H]1C[C@H](C)CN(CCCNC(=O)C2CCN(S(=O)(=O)Cc3ccc(Cl)c(Cl)c3)CC2)C1. The fraction of sp³-hybridized carbons (Fsp3) is 0.696. The Balaban J connectivity index is 1.38. The molecule has 0 aromatic heterocycles. The van der Waals surface area contributed by atoms with Crippen LogP contribution in [0.1, 0.15) is 45.1 Å². The van der Waals surface area contributed by atoms with Crippen LogP contribution in [-0.4, -0.2) is 62.8 Å². The van der Waals surface area contributed by atoms with Gasteiger partial charge in [-0.2, -0.15) is 0 Å². The number of carbonyl (C=O) groups excluding carboxylic acids is 1. The van der Waals surface area contributed by atoms with Crippen LogP contribution in [0, 0.1) is 17.8 Å². The lowest BCUT2D eigenvalue weighted by Gasteiger charge is -2.35. The van der Waals surface area contributed by atoms with E-state index in [0.29, 0.717) is 48.1 Å². The molecule has 2 aliphatic heterocycles. The van der Waals surface area contributed by atoms with Crippen molar-refractivity contribution < 1.29 is 13.2 Å². The summed E-state index contributed by atoms with van der Waals surface area (Å²) in [5.41, 5.74) is 0.608. The first-order chi connectivity index (χ1) is 15.1. The highest BCUT2D eigenvalue weighted by atomic mass is 35.5. The van der Waals surface area contributed by atoms with Crippen LogP contribution < -0.4 is 5.32 Å². The number of rotatable bonds is 8. The van der Waals surface area contributed by atoms with Crippen LogP contribution >= 0.6 is 23.2 Å². The van der Waals surface area contributed by atoms with Gasteiger partial charge < -0.3 is 10.2 Å². The van der Waals surface area contributed by atoms with E-state index in [4.69, 9.17) is 23.2 Å². The molecule has 0 radical (unpaired) electrons. The predicted molar refractivity (Wildman–Crippen MR) is 130 cm³/mol. The first kappa shape index (κ1) is 25.8. The molecule has 9 heteroatoms. The van der Waals surface area contributed by atoms with Crippen molar-refractivity contribution in [3.05, 3.63) is 33.8 Å². The quantitative estimate of drug-likeness (QED) is 0.543. The number of hydrogen-bond acceptors (Lipinski definition) is 4. The molecule has 1 aromatic carbocycles. The second-order valence-electron chi connectivity index (χ2n) is 9.53. The highest BCUT2D eigenvalue weighted by Crippen LogP contribution is 2.26. The van der Waals surface area contributed by atoms with Crippen LogP contribution in [0.25, 0.3) is 0 Å². The summed E-state index contributed by atoms with van der Waals surface area (Å²) in [6.45, 7) is 9.33. The lowest BCUT2D eigenvalue weighted by molar-refractivity contribution is -0.126. The molecule has 2 heterocycles. The minimum Gasteiger partial charge on any atom is -0.356 e. The number of sulfonamides is 1. The van der Waals surface area contributed by atoms with E-state index in [1.807, 2.05) is 0 Å². The third-order valence-corrected chi connectivity index (χ3v) is 9.04. The van der Waals surface area contributed by atoms with E-state index in [-0.39, 0.29) is 17.6 Å². The van der Waals surface area contributed by atoms with Crippen molar-refractivity contribution in [2.75, 3.05) is 39.3 Å². The Morgan fingerprint density at radius 1 is 1.09 bits per heavy atom. The number of nitrogens with zero attached hydrogens (tertiary/aromatic N) is 2. The van der Waals surface area contributed by atoms with E-state index in [1.54, 1.807) is 18.2 Å². The maximum absolute atomic E-state index is 12.8. The molecule has 180 valence electrons. The molecular weight excluding hydrogens is 469 g/mol. The summed E-state index contributed by atoms with van der Waals surface area (Å²) in [4.78, 5) is 15.1. The number of hydrogen-bond donors (Lipinski definition) is 1. The van der Waals surface area contributed by atoms with Gasteiger partial charge in [-0.25, -0.2) is 12.7 Å². The third-order valence-electron chi connectivity index (χ3n) is 6.45. The van der Waals surface area contributed by atoms with Crippen LogP contribution in [0.4, 0.5) is 0 Å². The van der Waals surface area contributed by atoms with Crippen LogP contribution in [-0.2, 0) is 20.6 Å². The first-order valence-electron chi connectivity index (χ1n) is 11.6. The molecule has 0 unspecified atom stereocenters. The number of piperidine rings is 2. The number of amides is 1. The number of carbonyl (C=O) groups is 1. The standard InChI is InChI=1S/C23H35Cl2N3O3S/c1-17-12-18(2)15-27(14-17)9-3-8-26-23(29)20-6-10-28(11-7-20)32(30,31)16-19-4-5-21(24)22(25)13-19/h4-5,13,17-18,20H,3,6-12,14-16H2,1-2H3,(H,26,29)/t17-,18+. The van der Waals surface area contributed by atoms with Crippen molar-refractivity contribution in [3.8, 4) is 0 Å². The van der Waals surface area contributed by atoms with Crippen molar-refractivity contribution in [3.63, 3.8) is 0 Å². The molecule has 1 aromatic rings. The molecule has 0 saturated carbocycles. The van der Waals surface area contributed by atoms with E-state index < -0.39 is 10.0 Å². The smallest absolute Gasteiger partial charge is 0.223 e. The molecule has 2 fully saturated rings. The molecule has 0 bridgehead atoms. The summed E-state index contributed by atoms with van der Waals surface area (Å²) >= 11 is 11.9. The fourth-order valence-corrected chi connectivity index (χ4v) is 6.83. The normalized spacial score (nSPS) is 23.9. The minimum absolute atomic E-state index is 0.0481. The number of nitrogens with one attached hydrogen (secondary N) is 1. The summed E-state index contributed by atoms with van der Waals surface area (Å²) in [6.07, 6.45) is 3.35. The summed E-state index contributed by atoms with van der Waals surface area (Å²) in [6, 6.07) is 4.88. The van der Waals surface area contributed by atoms with Crippen LogP contribution in [0.3, 0.4) is 0 Å². The molecule has 1 amide bonds. The van der Waals surface area contributed by atoms with Crippen molar-refractivity contribution in [1.29, 1.82) is 0 Å².